The Kier molecular flexibility index (Phi) is 2.38. The molecule has 0 radical (unpaired) electrons. The zero-order valence-corrected chi connectivity index (χ0v) is 7.72. The van der Waals surface area contributed by atoms with Crippen LogP contribution < -0.4 is 0 Å². The van der Waals surface area contributed by atoms with Gasteiger partial charge < -0.3 is 5.11 Å². The summed E-state index contributed by atoms with van der Waals surface area (Å²) in [6.07, 6.45) is 5.04. The van der Waals surface area contributed by atoms with Gasteiger partial charge in [-0.25, -0.2) is 0 Å². The molecule has 1 nitrogen and oxygen atoms in total. The van der Waals surface area contributed by atoms with Gasteiger partial charge in [0.15, 0.2) is 0 Å². The van der Waals surface area contributed by atoms with E-state index in [2.05, 4.69) is 19.9 Å². The van der Waals surface area contributed by atoms with E-state index in [1.807, 2.05) is 6.92 Å². The van der Waals surface area contributed by atoms with Gasteiger partial charge in [0.05, 0.1) is 5.60 Å². The Bertz CT molecular complexity index is 166. The topological polar surface area (TPSA) is 20.2 Å². The lowest BCUT2D eigenvalue weighted by Gasteiger charge is -2.28. The minimum atomic E-state index is -0.432. The van der Waals surface area contributed by atoms with Crippen LogP contribution in [0.3, 0.4) is 0 Å². The number of hydrogen-bond acceptors (Lipinski definition) is 1. The Morgan fingerprint density at radius 1 is 1.55 bits per heavy atom. The normalized spacial score (nSPS) is 32.3. The van der Waals surface area contributed by atoms with E-state index in [9.17, 15) is 5.11 Å². The Balaban J connectivity index is 2.58. The van der Waals surface area contributed by atoms with Crippen molar-refractivity contribution in [1.29, 1.82) is 0 Å². The Hall–Kier alpha value is -0.300. The van der Waals surface area contributed by atoms with Crippen LogP contribution in [0.15, 0.2) is 11.6 Å². The molecule has 0 spiro atoms. The predicted molar refractivity (Wildman–Crippen MR) is 47.4 cm³/mol. The van der Waals surface area contributed by atoms with Crippen LogP contribution in [0.2, 0.25) is 0 Å². The van der Waals surface area contributed by atoms with Crippen LogP contribution >= 0.6 is 0 Å². The van der Waals surface area contributed by atoms with Gasteiger partial charge in [-0.3, -0.25) is 0 Å². The number of aliphatic hydroxyl groups is 1. The molecule has 0 bridgehead atoms. The predicted octanol–water partition coefficient (Wildman–Crippen LogP) is 2.50. The van der Waals surface area contributed by atoms with Gasteiger partial charge in [0, 0.05) is 0 Å². The van der Waals surface area contributed by atoms with Crippen molar-refractivity contribution < 1.29 is 5.11 Å². The molecule has 64 valence electrons. The highest BCUT2D eigenvalue weighted by molar-refractivity contribution is 5.11. The molecular weight excluding hydrogens is 136 g/mol. The molecule has 1 heteroatoms. The van der Waals surface area contributed by atoms with Gasteiger partial charge >= 0.3 is 0 Å². The average Bonchev–Trinajstić information content (AvgIpc) is 1.86. The highest BCUT2D eigenvalue weighted by Crippen LogP contribution is 2.30. The van der Waals surface area contributed by atoms with Crippen molar-refractivity contribution in [1.82, 2.24) is 0 Å². The van der Waals surface area contributed by atoms with Crippen LogP contribution in [-0.4, -0.2) is 10.7 Å². The summed E-state index contributed by atoms with van der Waals surface area (Å²) >= 11 is 0. The molecule has 0 aromatic rings. The Labute approximate surface area is 69.1 Å². The van der Waals surface area contributed by atoms with Gasteiger partial charge in [0.1, 0.15) is 0 Å². The van der Waals surface area contributed by atoms with E-state index < -0.39 is 5.60 Å². The highest BCUT2D eigenvalue weighted by atomic mass is 16.3. The zero-order chi connectivity index (χ0) is 8.48. The third-order valence-corrected chi connectivity index (χ3v) is 2.50. The number of allylic oxidation sites excluding steroid dienone is 1. The second-order valence-electron chi connectivity index (χ2n) is 4.13. The lowest BCUT2D eigenvalue weighted by Crippen LogP contribution is -2.26. The molecule has 0 fully saturated rings. The van der Waals surface area contributed by atoms with Gasteiger partial charge in [0.25, 0.3) is 0 Å². The van der Waals surface area contributed by atoms with Gasteiger partial charge in [-0.05, 0) is 32.1 Å². The van der Waals surface area contributed by atoms with E-state index in [1.54, 1.807) is 0 Å². The van der Waals surface area contributed by atoms with Crippen molar-refractivity contribution in [3.05, 3.63) is 11.6 Å². The van der Waals surface area contributed by atoms with Crippen molar-refractivity contribution in [2.24, 2.45) is 5.92 Å². The Morgan fingerprint density at radius 3 is 2.55 bits per heavy atom. The van der Waals surface area contributed by atoms with Gasteiger partial charge in [-0.15, -0.1) is 0 Å². The standard InChI is InChI=1S/C10H18O/c1-8(2)9-4-6-10(3,11)7-5-9/h4,8,11H,5-7H2,1-3H3. The summed E-state index contributed by atoms with van der Waals surface area (Å²) in [6, 6.07) is 0. The number of rotatable bonds is 1. The van der Waals surface area contributed by atoms with Crippen molar-refractivity contribution >= 4 is 0 Å². The molecular formula is C10H18O. The fraction of sp³-hybridized carbons (Fsp3) is 0.800. The molecule has 1 aliphatic rings. The summed E-state index contributed by atoms with van der Waals surface area (Å²) in [5.74, 6) is 0.658. The third kappa shape index (κ3) is 2.33. The van der Waals surface area contributed by atoms with Crippen LogP contribution in [0, 0.1) is 5.92 Å². The van der Waals surface area contributed by atoms with Crippen molar-refractivity contribution in [3.8, 4) is 0 Å². The minimum absolute atomic E-state index is 0.432. The largest absolute Gasteiger partial charge is 0.390 e. The smallest absolute Gasteiger partial charge is 0.0657 e. The Morgan fingerprint density at radius 2 is 2.18 bits per heavy atom. The van der Waals surface area contributed by atoms with Gasteiger partial charge in [-0.1, -0.05) is 25.5 Å². The van der Waals surface area contributed by atoms with Gasteiger partial charge in [0.2, 0.25) is 0 Å². The molecule has 0 saturated carbocycles. The van der Waals surface area contributed by atoms with Crippen molar-refractivity contribution in [3.63, 3.8) is 0 Å². The molecule has 0 heterocycles. The molecule has 0 aromatic carbocycles. The molecule has 0 aliphatic heterocycles. The molecule has 1 N–H and O–H groups in total. The highest BCUT2D eigenvalue weighted by Gasteiger charge is 2.23. The first-order chi connectivity index (χ1) is 5.01. The average molecular weight is 154 g/mol. The first-order valence-electron chi connectivity index (χ1n) is 4.42. The molecule has 1 atom stereocenters. The molecule has 1 aliphatic carbocycles. The maximum atomic E-state index is 9.63. The molecule has 0 saturated heterocycles. The summed E-state index contributed by atoms with van der Waals surface area (Å²) in [5.41, 5.74) is 1.08. The summed E-state index contributed by atoms with van der Waals surface area (Å²) in [4.78, 5) is 0. The van der Waals surface area contributed by atoms with E-state index in [-0.39, 0.29) is 0 Å². The summed E-state index contributed by atoms with van der Waals surface area (Å²) < 4.78 is 0. The van der Waals surface area contributed by atoms with E-state index in [4.69, 9.17) is 0 Å². The molecule has 1 rings (SSSR count). The van der Waals surface area contributed by atoms with E-state index in [1.165, 1.54) is 5.57 Å². The minimum Gasteiger partial charge on any atom is -0.390 e. The molecule has 0 aromatic heterocycles. The SMILES string of the molecule is CC(C)C1=CCC(C)(O)CC1. The molecule has 1 unspecified atom stereocenters. The van der Waals surface area contributed by atoms with Crippen LogP contribution in [0.5, 0.6) is 0 Å². The fourth-order valence-corrected chi connectivity index (χ4v) is 1.49. The van der Waals surface area contributed by atoms with Crippen molar-refractivity contribution in [2.75, 3.05) is 0 Å². The second-order valence-corrected chi connectivity index (χ2v) is 4.13. The first kappa shape index (κ1) is 8.79. The van der Waals surface area contributed by atoms with Crippen LogP contribution in [0.4, 0.5) is 0 Å². The zero-order valence-electron chi connectivity index (χ0n) is 7.72. The first-order valence-corrected chi connectivity index (χ1v) is 4.42. The summed E-state index contributed by atoms with van der Waals surface area (Å²) in [7, 11) is 0. The van der Waals surface area contributed by atoms with Crippen LogP contribution in [0.1, 0.15) is 40.0 Å². The van der Waals surface area contributed by atoms with E-state index >= 15 is 0 Å². The third-order valence-electron chi connectivity index (χ3n) is 2.50. The molecule has 0 amide bonds. The summed E-state index contributed by atoms with van der Waals surface area (Å²) in [5, 5.41) is 9.63. The monoisotopic (exact) mass is 154 g/mol. The van der Waals surface area contributed by atoms with Crippen LogP contribution in [-0.2, 0) is 0 Å². The van der Waals surface area contributed by atoms with Crippen LogP contribution in [0.25, 0.3) is 0 Å². The lowest BCUT2D eigenvalue weighted by atomic mass is 9.83. The van der Waals surface area contributed by atoms with Crippen molar-refractivity contribution in [2.45, 2.75) is 45.6 Å². The number of hydrogen-bond donors (Lipinski definition) is 1. The molecule has 11 heavy (non-hydrogen) atoms. The maximum Gasteiger partial charge on any atom is 0.0657 e. The fourth-order valence-electron chi connectivity index (χ4n) is 1.49. The quantitative estimate of drug-likeness (QED) is 0.575. The van der Waals surface area contributed by atoms with E-state index in [0.717, 1.165) is 19.3 Å². The van der Waals surface area contributed by atoms with Gasteiger partial charge in [-0.2, -0.15) is 0 Å². The second kappa shape index (κ2) is 2.98. The van der Waals surface area contributed by atoms with E-state index in [0.29, 0.717) is 5.92 Å². The lowest BCUT2D eigenvalue weighted by molar-refractivity contribution is 0.0485. The maximum absolute atomic E-state index is 9.63. The summed E-state index contributed by atoms with van der Waals surface area (Å²) in [6.45, 7) is 6.35.